The molecule has 0 saturated heterocycles. The summed E-state index contributed by atoms with van der Waals surface area (Å²) in [6, 6.07) is 10.5. The predicted octanol–water partition coefficient (Wildman–Crippen LogP) is 2.10. The number of hydrogen-bond acceptors (Lipinski definition) is 4. The zero-order chi connectivity index (χ0) is 17.4. The van der Waals surface area contributed by atoms with Crippen LogP contribution < -0.4 is 10.6 Å². The van der Waals surface area contributed by atoms with E-state index in [1.165, 1.54) is 6.26 Å². The average Bonchev–Trinajstić information content (AvgIpc) is 3.11. The molecule has 0 unspecified atom stereocenters. The molecule has 2 amide bonds. The van der Waals surface area contributed by atoms with E-state index in [4.69, 9.17) is 4.42 Å². The third-order valence-corrected chi connectivity index (χ3v) is 3.43. The molecular weight excluding hydrogens is 308 g/mol. The monoisotopic (exact) mass is 328 g/mol. The zero-order valence-corrected chi connectivity index (χ0v) is 13.5. The van der Waals surface area contributed by atoms with E-state index in [0.29, 0.717) is 12.1 Å². The number of furan rings is 1. The van der Waals surface area contributed by atoms with E-state index in [0.717, 1.165) is 5.56 Å². The van der Waals surface area contributed by atoms with Gasteiger partial charge in [0.25, 0.3) is 5.91 Å². The molecule has 0 radical (unpaired) electrons. The zero-order valence-electron chi connectivity index (χ0n) is 13.5. The second-order valence-electron chi connectivity index (χ2n) is 5.37. The SMILES string of the molecule is Cc1ccc(C(=O)CCC(=O)NCCNC(=O)c2ccco2)cc1. The van der Waals surface area contributed by atoms with Crippen molar-refractivity contribution in [3.05, 3.63) is 59.5 Å². The van der Waals surface area contributed by atoms with Gasteiger partial charge in [0.2, 0.25) is 5.91 Å². The summed E-state index contributed by atoms with van der Waals surface area (Å²) in [7, 11) is 0. The lowest BCUT2D eigenvalue weighted by molar-refractivity contribution is -0.121. The van der Waals surface area contributed by atoms with Gasteiger partial charge in [-0.3, -0.25) is 14.4 Å². The van der Waals surface area contributed by atoms with Crippen LogP contribution in [0.3, 0.4) is 0 Å². The average molecular weight is 328 g/mol. The quantitative estimate of drug-likeness (QED) is 0.574. The Morgan fingerprint density at radius 3 is 2.33 bits per heavy atom. The lowest BCUT2D eigenvalue weighted by atomic mass is 10.1. The van der Waals surface area contributed by atoms with Crippen molar-refractivity contribution in [3.8, 4) is 0 Å². The van der Waals surface area contributed by atoms with Crippen LogP contribution in [0.4, 0.5) is 0 Å². The number of Topliss-reactive ketones (excluding diaryl/α,β-unsaturated/α-hetero) is 1. The fraction of sp³-hybridized carbons (Fsp3) is 0.278. The molecule has 0 aliphatic carbocycles. The maximum Gasteiger partial charge on any atom is 0.287 e. The van der Waals surface area contributed by atoms with Gasteiger partial charge in [0.15, 0.2) is 11.5 Å². The van der Waals surface area contributed by atoms with E-state index in [-0.39, 0.29) is 42.7 Å². The second kappa shape index (κ2) is 8.67. The van der Waals surface area contributed by atoms with E-state index < -0.39 is 0 Å². The first-order valence-electron chi connectivity index (χ1n) is 7.74. The molecule has 24 heavy (non-hydrogen) atoms. The molecule has 0 atom stereocenters. The predicted molar refractivity (Wildman–Crippen MR) is 88.8 cm³/mol. The minimum Gasteiger partial charge on any atom is -0.459 e. The minimum absolute atomic E-state index is 0.0590. The number of hydrogen-bond donors (Lipinski definition) is 2. The van der Waals surface area contributed by atoms with E-state index in [2.05, 4.69) is 10.6 Å². The Morgan fingerprint density at radius 2 is 1.67 bits per heavy atom. The van der Waals surface area contributed by atoms with Gasteiger partial charge in [0.05, 0.1) is 6.26 Å². The summed E-state index contributed by atoms with van der Waals surface area (Å²) in [5.74, 6) is -0.382. The van der Waals surface area contributed by atoms with Crippen molar-refractivity contribution in [2.75, 3.05) is 13.1 Å². The van der Waals surface area contributed by atoms with E-state index in [1.807, 2.05) is 19.1 Å². The normalized spacial score (nSPS) is 10.2. The van der Waals surface area contributed by atoms with E-state index in [9.17, 15) is 14.4 Å². The van der Waals surface area contributed by atoms with Gasteiger partial charge >= 0.3 is 0 Å². The van der Waals surface area contributed by atoms with Crippen molar-refractivity contribution >= 4 is 17.6 Å². The lowest BCUT2D eigenvalue weighted by Crippen LogP contribution is -2.34. The molecule has 2 aromatic rings. The second-order valence-corrected chi connectivity index (χ2v) is 5.37. The Kier molecular flexibility index (Phi) is 6.31. The van der Waals surface area contributed by atoms with Crippen LogP contribution in [-0.4, -0.2) is 30.7 Å². The van der Waals surface area contributed by atoms with Crippen molar-refractivity contribution in [3.63, 3.8) is 0 Å². The molecule has 0 aliphatic heterocycles. The molecular formula is C18H20N2O4. The van der Waals surface area contributed by atoms with Gasteiger partial charge in [-0.05, 0) is 19.1 Å². The number of carbonyl (C=O) groups is 3. The highest BCUT2D eigenvalue weighted by molar-refractivity contribution is 5.98. The molecule has 0 spiro atoms. The molecule has 0 aliphatic rings. The minimum atomic E-state index is -0.330. The maximum absolute atomic E-state index is 12.0. The number of ketones is 1. The topological polar surface area (TPSA) is 88.4 Å². The van der Waals surface area contributed by atoms with Crippen molar-refractivity contribution in [2.24, 2.45) is 0 Å². The molecule has 2 rings (SSSR count). The van der Waals surface area contributed by atoms with Gasteiger partial charge in [0.1, 0.15) is 0 Å². The van der Waals surface area contributed by atoms with Gasteiger partial charge in [-0.15, -0.1) is 0 Å². The summed E-state index contributed by atoms with van der Waals surface area (Å²) in [6.45, 7) is 2.54. The third-order valence-electron chi connectivity index (χ3n) is 3.43. The number of benzene rings is 1. The van der Waals surface area contributed by atoms with Crippen LogP contribution in [0.15, 0.2) is 47.1 Å². The number of rotatable bonds is 8. The Labute approximate surface area is 140 Å². The Morgan fingerprint density at radius 1 is 0.958 bits per heavy atom. The molecule has 0 fully saturated rings. The molecule has 6 nitrogen and oxygen atoms in total. The van der Waals surface area contributed by atoms with Crippen LogP contribution in [0, 0.1) is 6.92 Å². The Balaban J connectivity index is 1.62. The van der Waals surface area contributed by atoms with Crippen LogP contribution in [0.25, 0.3) is 0 Å². The Hall–Kier alpha value is -2.89. The van der Waals surface area contributed by atoms with Crippen LogP contribution in [0.5, 0.6) is 0 Å². The van der Waals surface area contributed by atoms with Crippen LogP contribution in [0.1, 0.15) is 39.3 Å². The highest BCUT2D eigenvalue weighted by Crippen LogP contribution is 2.07. The number of aryl methyl sites for hydroxylation is 1. The smallest absolute Gasteiger partial charge is 0.287 e. The van der Waals surface area contributed by atoms with Crippen LogP contribution >= 0.6 is 0 Å². The van der Waals surface area contributed by atoms with Crippen molar-refractivity contribution < 1.29 is 18.8 Å². The largest absolute Gasteiger partial charge is 0.459 e. The summed E-state index contributed by atoms with van der Waals surface area (Å²) >= 11 is 0. The first-order chi connectivity index (χ1) is 11.6. The van der Waals surface area contributed by atoms with E-state index in [1.54, 1.807) is 24.3 Å². The summed E-state index contributed by atoms with van der Waals surface area (Å²) in [6.07, 6.45) is 1.70. The lowest BCUT2D eigenvalue weighted by Gasteiger charge is -2.06. The maximum atomic E-state index is 12.0. The Bertz CT molecular complexity index is 690. The number of amides is 2. The van der Waals surface area contributed by atoms with Crippen molar-refractivity contribution in [1.82, 2.24) is 10.6 Å². The van der Waals surface area contributed by atoms with Gasteiger partial charge in [-0.25, -0.2) is 0 Å². The van der Waals surface area contributed by atoms with Crippen LogP contribution in [-0.2, 0) is 4.79 Å². The van der Waals surface area contributed by atoms with Gasteiger partial charge < -0.3 is 15.1 Å². The first kappa shape index (κ1) is 17.5. The fourth-order valence-corrected chi connectivity index (χ4v) is 2.07. The number of carbonyl (C=O) groups excluding carboxylic acids is 3. The highest BCUT2D eigenvalue weighted by Gasteiger charge is 2.10. The van der Waals surface area contributed by atoms with Gasteiger partial charge in [0, 0.05) is 31.5 Å². The highest BCUT2D eigenvalue weighted by atomic mass is 16.3. The first-order valence-corrected chi connectivity index (χ1v) is 7.74. The summed E-state index contributed by atoms with van der Waals surface area (Å²) in [5, 5.41) is 5.28. The summed E-state index contributed by atoms with van der Waals surface area (Å²) in [4.78, 5) is 35.3. The van der Waals surface area contributed by atoms with E-state index >= 15 is 0 Å². The number of nitrogens with one attached hydrogen (secondary N) is 2. The third kappa shape index (κ3) is 5.39. The van der Waals surface area contributed by atoms with Crippen LogP contribution in [0.2, 0.25) is 0 Å². The van der Waals surface area contributed by atoms with Gasteiger partial charge in [-0.2, -0.15) is 0 Å². The molecule has 1 aromatic carbocycles. The molecule has 0 bridgehead atoms. The molecule has 1 heterocycles. The fourth-order valence-electron chi connectivity index (χ4n) is 2.07. The molecule has 126 valence electrons. The molecule has 6 heteroatoms. The van der Waals surface area contributed by atoms with Crippen molar-refractivity contribution in [1.29, 1.82) is 0 Å². The van der Waals surface area contributed by atoms with Crippen molar-refractivity contribution in [2.45, 2.75) is 19.8 Å². The summed E-state index contributed by atoms with van der Waals surface area (Å²) in [5.41, 5.74) is 1.69. The standard InChI is InChI=1S/C18H20N2O4/c1-13-4-6-14(7-5-13)15(21)8-9-17(22)19-10-11-20-18(23)16-3-2-12-24-16/h2-7,12H,8-11H2,1H3,(H,19,22)(H,20,23). The van der Waals surface area contributed by atoms with Gasteiger partial charge in [-0.1, -0.05) is 29.8 Å². The molecule has 2 N–H and O–H groups in total. The molecule has 1 aromatic heterocycles. The molecule has 0 saturated carbocycles. The summed E-state index contributed by atoms with van der Waals surface area (Å²) < 4.78 is 4.95.